The van der Waals surface area contributed by atoms with Crippen molar-refractivity contribution < 1.29 is 14.3 Å². The SMILES string of the molecule is CCOC(=O)CNc1ccccc1C(=O)Nc1ccc(C)cc1. The van der Waals surface area contributed by atoms with Gasteiger partial charge in [0, 0.05) is 11.4 Å². The maximum atomic E-state index is 12.4. The number of benzene rings is 2. The molecule has 2 aromatic carbocycles. The van der Waals surface area contributed by atoms with Gasteiger partial charge in [-0.1, -0.05) is 29.8 Å². The number of carbonyl (C=O) groups excluding carboxylic acids is 2. The third kappa shape index (κ3) is 4.85. The van der Waals surface area contributed by atoms with Crippen LogP contribution in [0.5, 0.6) is 0 Å². The molecular formula is C18H20N2O3. The molecule has 0 saturated heterocycles. The number of hydrogen-bond acceptors (Lipinski definition) is 4. The van der Waals surface area contributed by atoms with Crippen molar-refractivity contribution in [2.45, 2.75) is 13.8 Å². The van der Waals surface area contributed by atoms with Gasteiger partial charge < -0.3 is 15.4 Å². The third-order valence-corrected chi connectivity index (χ3v) is 3.21. The fourth-order valence-electron chi connectivity index (χ4n) is 2.05. The molecule has 0 saturated carbocycles. The molecule has 0 aromatic heterocycles. The largest absolute Gasteiger partial charge is 0.465 e. The molecule has 0 heterocycles. The van der Waals surface area contributed by atoms with Crippen molar-refractivity contribution in [1.82, 2.24) is 0 Å². The van der Waals surface area contributed by atoms with Gasteiger partial charge in [-0.05, 0) is 38.1 Å². The summed E-state index contributed by atoms with van der Waals surface area (Å²) in [6.07, 6.45) is 0. The number of nitrogens with one attached hydrogen (secondary N) is 2. The summed E-state index contributed by atoms with van der Waals surface area (Å²) in [5, 5.41) is 5.78. The van der Waals surface area contributed by atoms with Gasteiger partial charge in [-0.2, -0.15) is 0 Å². The average molecular weight is 312 g/mol. The summed E-state index contributed by atoms with van der Waals surface area (Å²) in [4.78, 5) is 23.9. The summed E-state index contributed by atoms with van der Waals surface area (Å²) in [5.41, 5.74) is 2.91. The van der Waals surface area contributed by atoms with E-state index in [2.05, 4.69) is 10.6 Å². The molecule has 2 N–H and O–H groups in total. The number of hydrogen-bond donors (Lipinski definition) is 2. The van der Waals surface area contributed by atoms with Crippen LogP contribution in [-0.4, -0.2) is 25.0 Å². The molecule has 2 rings (SSSR count). The van der Waals surface area contributed by atoms with Crippen LogP contribution >= 0.6 is 0 Å². The zero-order valence-electron chi connectivity index (χ0n) is 13.3. The highest BCUT2D eigenvalue weighted by Gasteiger charge is 2.12. The van der Waals surface area contributed by atoms with Gasteiger partial charge in [-0.25, -0.2) is 0 Å². The molecule has 0 radical (unpaired) electrons. The van der Waals surface area contributed by atoms with Gasteiger partial charge in [-0.15, -0.1) is 0 Å². The van der Waals surface area contributed by atoms with Crippen LogP contribution in [-0.2, 0) is 9.53 Å². The van der Waals surface area contributed by atoms with Gasteiger partial charge in [0.25, 0.3) is 5.91 Å². The molecule has 0 atom stereocenters. The second kappa shape index (κ2) is 7.98. The lowest BCUT2D eigenvalue weighted by molar-refractivity contribution is -0.140. The van der Waals surface area contributed by atoms with Crippen molar-refractivity contribution in [3.8, 4) is 0 Å². The van der Waals surface area contributed by atoms with Crippen molar-refractivity contribution in [3.63, 3.8) is 0 Å². The highest BCUT2D eigenvalue weighted by atomic mass is 16.5. The monoisotopic (exact) mass is 312 g/mol. The van der Waals surface area contributed by atoms with E-state index in [-0.39, 0.29) is 18.4 Å². The number of ether oxygens (including phenoxy) is 1. The second-order valence-corrected chi connectivity index (χ2v) is 5.02. The fraction of sp³-hybridized carbons (Fsp3) is 0.222. The van der Waals surface area contributed by atoms with Crippen LogP contribution in [0.15, 0.2) is 48.5 Å². The molecule has 0 fully saturated rings. The van der Waals surface area contributed by atoms with E-state index in [0.29, 0.717) is 17.9 Å². The molecule has 1 amide bonds. The average Bonchev–Trinajstić information content (AvgIpc) is 2.55. The molecule has 120 valence electrons. The van der Waals surface area contributed by atoms with E-state index in [0.717, 1.165) is 11.3 Å². The number of para-hydroxylation sites is 1. The highest BCUT2D eigenvalue weighted by molar-refractivity contribution is 6.08. The van der Waals surface area contributed by atoms with Crippen LogP contribution in [0.4, 0.5) is 11.4 Å². The molecule has 5 heteroatoms. The fourth-order valence-corrected chi connectivity index (χ4v) is 2.05. The summed E-state index contributed by atoms with van der Waals surface area (Å²) < 4.78 is 4.87. The number of rotatable bonds is 6. The molecule has 5 nitrogen and oxygen atoms in total. The smallest absolute Gasteiger partial charge is 0.325 e. The number of carbonyl (C=O) groups is 2. The maximum Gasteiger partial charge on any atom is 0.325 e. The van der Waals surface area contributed by atoms with Gasteiger partial charge in [0.05, 0.1) is 12.2 Å². The maximum absolute atomic E-state index is 12.4. The lowest BCUT2D eigenvalue weighted by atomic mass is 10.1. The Morgan fingerprint density at radius 3 is 2.43 bits per heavy atom. The zero-order chi connectivity index (χ0) is 16.7. The van der Waals surface area contributed by atoms with Crippen molar-refractivity contribution in [3.05, 3.63) is 59.7 Å². The molecule has 2 aromatic rings. The Kier molecular flexibility index (Phi) is 5.74. The van der Waals surface area contributed by atoms with Gasteiger partial charge in [0.1, 0.15) is 6.54 Å². The van der Waals surface area contributed by atoms with Crippen molar-refractivity contribution in [2.75, 3.05) is 23.8 Å². The molecule has 0 unspecified atom stereocenters. The number of aryl methyl sites for hydroxylation is 1. The number of esters is 1. The van der Waals surface area contributed by atoms with Crippen molar-refractivity contribution in [2.24, 2.45) is 0 Å². The minimum absolute atomic E-state index is 0.0165. The summed E-state index contributed by atoms with van der Waals surface area (Å²) in [5.74, 6) is -0.595. The predicted octanol–water partition coefficient (Wildman–Crippen LogP) is 3.22. The van der Waals surface area contributed by atoms with Crippen LogP contribution in [0.3, 0.4) is 0 Å². The van der Waals surface area contributed by atoms with E-state index < -0.39 is 0 Å². The second-order valence-electron chi connectivity index (χ2n) is 5.02. The van der Waals surface area contributed by atoms with Crippen LogP contribution in [0.1, 0.15) is 22.8 Å². The van der Waals surface area contributed by atoms with E-state index in [1.807, 2.05) is 31.2 Å². The van der Waals surface area contributed by atoms with Gasteiger partial charge in [0.2, 0.25) is 0 Å². The molecule has 0 bridgehead atoms. The van der Waals surface area contributed by atoms with Gasteiger partial charge in [-0.3, -0.25) is 9.59 Å². The van der Waals surface area contributed by atoms with Crippen molar-refractivity contribution in [1.29, 1.82) is 0 Å². The summed E-state index contributed by atoms with van der Waals surface area (Å²) in [7, 11) is 0. The Morgan fingerprint density at radius 1 is 1.04 bits per heavy atom. The highest BCUT2D eigenvalue weighted by Crippen LogP contribution is 2.17. The molecule has 0 aliphatic carbocycles. The first-order chi connectivity index (χ1) is 11.1. The minimum atomic E-state index is -0.360. The van der Waals surface area contributed by atoms with Crippen LogP contribution < -0.4 is 10.6 Å². The van der Waals surface area contributed by atoms with E-state index in [9.17, 15) is 9.59 Å². The molecule has 23 heavy (non-hydrogen) atoms. The van der Waals surface area contributed by atoms with E-state index in [1.165, 1.54) is 0 Å². The van der Waals surface area contributed by atoms with E-state index >= 15 is 0 Å². The predicted molar refractivity (Wildman–Crippen MR) is 90.7 cm³/mol. The first kappa shape index (κ1) is 16.5. The molecule has 0 spiro atoms. The molecule has 0 aliphatic heterocycles. The zero-order valence-corrected chi connectivity index (χ0v) is 13.3. The Hall–Kier alpha value is -2.82. The van der Waals surface area contributed by atoms with Crippen LogP contribution in [0, 0.1) is 6.92 Å². The van der Waals surface area contributed by atoms with Gasteiger partial charge >= 0.3 is 5.97 Å². The molecular weight excluding hydrogens is 292 g/mol. The normalized spacial score (nSPS) is 10.0. The first-order valence-electron chi connectivity index (χ1n) is 7.46. The Bertz CT molecular complexity index is 681. The summed E-state index contributed by atoms with van der Waals surface area (Å²) in [6, 6.07) is 14.6. The van der Waals surface area contributed by atoms with E-state index in [4.69, 9.17) is 4.74 Å². The van der Waals surface area contributed by atoms with E-state index in [1.54, 1.807) is 31.2 Å². The lowest BCUT2D eigenvalue weighted by Crippen LogP contribution is -2.20. The lowest BCUT2D eigenvalue weighted by Gasteiger charge is -2.12. The van der Waals surface area contributed by atoms with Crippen LogP contribution in [0.25, 0.3) is 0 Å². The first-order valence-corrected chi connectivity index (χ1v) is 7.46. The Morgan fingerprint density at radius 2 is 1.74 bits per heavy atom. The van der Waals surface area contributed by atoms with Crippen LogP contribution in [0.2, 0.25) is 0 Å². The standard InChI is InChI=1S/C18H20N2O3/c1-3-23-17(21)12-19-16-7-5-4-6-15(16)18(22)20-14-10-8-13(2)9-11-14/h4-11,19H,3,12H2,1-2H3,(H,20,22). The number of amides is 1. The quantitative estimate of drug-likeness (QED) is 0.804. The van der Waals surface area contributed by atoms with Gasteiger partial charge in [0.15, 0.2) is 0 Å². The Labute approximate surface area is 135 Å². The number of anilines is 2. The summed E-state index contributed by atoms with van der Waals surface area (Å²) >= 11 is 0. The molecule has 0 aliphatic rings. The summed E-state index contributed by atoms with van der Waals surface area (Å²) in [6.45, 7) is 4.08. The third-order valence-electron chi connectivity index (χ3n) is 3.21. The Balaban J connectivity index is 2.07. The topological polar surface area (TPSA) is 67.4 Å². The van der Waals surface area contributed by atoms with Crippen molar-refractivity contribution >= 4 is 23.3 Å². The minimum Gasteiger partial charge on any atom is -0.465 e.